The van der Waals surface area contributed by atoms with Crippen LogP contribution in [0.3, 0.4) is 0 Å². The molecule has 1 unspecified atom stereocenters. The number of hydrogen-bond donors (Lipinski definition) is 2. The molecular weight excluding hydrogens is 506 g/mol. The van der Waals surface area contributed by atoms with E-state index in [0.29, 0.717) is 28.3 Å². The highest BCUT2D eigenvalue weighted by atomic mass is 32.2. The van der Waals surface area contributed by atoms with Crippen molar-refractivity contribution in [1.29, 1.82) is 0 Å². The Morgan fingerprint density at radius 3 is 2.56 bits per heavy atom. The lowest BCUT2D eigenvalue weighted by Crippen LogP contribution is -2.31. The number of para-hydroxylation sites is 1. The van der Waals surface area contributed by atoms with Crippen molar-refractivity contribution in [3.8, 4) is 5.75 Å². The molecule has 5 rings (SSSR count). The molecule has 0 saturated heterocycles. The highest BCUT2D eigenvalue weighted by Crippen LogP contribution is 2.37. The van der Waals surface area contributed by atoms with Crippen LogP contribution in [0, 0.1) is 6.92 Å². The summed E-state index contributed by atoms with van der Waals surface area (Å²) in [6.07, 6.45) is 0. The summed E-state index contributed by atoms with van der Waals surface area (Å²) in [6, 6.07) is 23.8. The zero-order valence-corrected chi connectivity index (χ0v) is 23.7. The van der Waals surface area contributed by atoms with Crippen molar-refractivity contribution in [3.63, 3.8) is 0 Å². The average Bonchev–Trinajstić information content (AvgIpc) is 3.34. The molecule has 1 aliphatic rings. The first kappa shape index (κ1) is 26.6. The molecule has 0 spiro atoms. The van der Waals surface area contributed by atoms with Gasteiger partial charge in [0, 0.05) is 17.1 Å². The molecule has 7 nitrogen and oxygen atoms in total. The minimum Gasteiger partial charge on any atom is -0.497 e. The van der Waals surface area contributed by atoms with Crippen LogP contribution in [0.2, 0.25) is 0 Å². The second kappa shape index (κ2) is 11.4. The van der Waals surface area contributed by atoms with Crippen LogP contribution in [0.5, 0.6) is 5.75 Å². The maximum Gasteiger partial charge on any atom is 0.255 e. The summed E-state index contributed by atoms with van der Waals surface area (Å²) in [4.78, 5) is 18.6. The molecule has 0 saturated carbocycles. The fourth-order valence-electron chi connectivity index (χ4n) is 4.67. The Morgan fingerprint density at radius 1 is 1.08 bits per heavy atom. The Balaban J connectivity index is 1.49. The number of benzene rings is 3. The molecular formula is C31H33N5O2S. The molecule has 0 fully saturated rings. The van der Waals surface area contributed by atoms with Crippen molar-refractivity contribution in [2.24, 2.45) is 0 Å². The zero-order chi connectivity index (χ0) is 27.5. The molecule has 8 heteroatoms. The fourth-order valence-corrected chi connectivity index (χ4v) is 5.44. The highest BCUT2D eigenvalue weighted by molar-refractivity contribution is 7.98. The highest BCUT2D eigenvalue weighted by Gasteiger charge is 2.34. The third kappa shape index (κ3) is 5.71. The quantitative estimate of drug-likeness (QED) is 0.236. The number of thioether (sulfide) groups is 1. The normalized spacial score (nSPS) is 14.7. The van der Waals surface area contributed by atoms with Gasteiger partial charge in [-0.2, -0.15) is 4.98 Å². The predicted molar refractivity (Wildman–Crippen MR) is 157 cm³/mol. The maximum absolute atomic E-state index is 13.8. The van der Waals surface area contributed by atoms with Gasteiger partial charge >= 0.3 is 0 Å². The molecule has 1 amide bonds. The largest absolute Gasteiger partial charge is 0.497 e. The SMILES string of the molecule is COc1cccc(CSc2nc3n(n2)C(c2ccc(C(C)C)cc2)C(C(=O)Nc2ccccc2C)=C(C)N3)c1. The van der Waals surface area contributed by atoms with E-state index < -0.39 is 6.04 Å². The number of hydrogen-bond acceptors (Lipinski definition) is 6. The number of anilines is 2. The van der Waals surface area contributed by atoms with Gasteiger partial charge in [0.25, 0.3) is 5.91 Å². The molecule has 4 aromatic rings. The van der Waals surface area contributed by atoms with Gasteiger partial charge in [0.2, 0.25) is 11.1 Å². The molecule has 0 aliphatic carbocycles. The van der Waals surface area contributed by atoms with Gasteiger partial charge in [0.1, 0.15) is 11.8 Å². The number of methoxy groups -OCH3 is 1. The Kier molecular flexibility index (Phi) is 7.74. The second-order valence-corrected chi connectivity index (χ2v) is 10.9. The topological polar surface area (TPSA) is 81.1 Å². The summed E-state index contributed by atoms with van der Waals surface area (Å²) in [5.74, 6) is 2.38. The van der Waals surface area contributed by atoms with E-state index in [-0.39, 0.29) is 5.91 Å². The standard InChI is InChI=1S/C31H33N5O2S/c1-19(2)23-13-15-24(16-14-23)28-27(29(37)33-26-12-7-6-9-20(26)3)21(4)32-30-34-31(35-36(28)30)39-18-22-10-8-11-25(17-22)38-5/h6-17,19,28H,18H2,1-5H3,(H,33,37)(H,32,34,35). The first-order valence-corrected chi connectivity index (χ1v) is 14.0. The van der Waals surface area contributed by atoms with Gasteiger partial charge in [-0.15, -0.1) is 5.10 Å². The van der Waals surface area contributed by atoms with Gasteiger partial charge in [-0.1, -0.05) is 80.2 Å². The van der Waals surface area contributed by atoms with E-state index in [2.05, 4.69) is 54.8 Å². The maximum atomic E-state index is 13.8. The van der Waals surface area contributed by atoms with Crippen molar-refractivity contribution in [2.75, 3.05) is 17.7 Å². The van der Waals surface area contributed by atoms with Crippen LogP contribution in [0.4, 0.5) is 11.6 Å². The number of rotatable bonds is 8. The number of carbonyl (C=O) groups is 1. The molecule has 3 aromatic carbocycles. The number of ether oxygens (including phenoxy) is 1. The number of aromatic nitrogens is 3. The zero-order valence-electron chi connectivity index (χ0n) is 22.9. The lowest BCUT2D eigenvalue weighted by atomic mass is 9.92. The number of nitrogens with zero attached hydrogens (tertiary/aromatic N) is 3. The fraction of sp³-hybridized carbons (Fsp3) is 0.258. The summed E-state index contributed by atoms with van der Waals surface area (Å²) in [5, 5.41) is 12.0. The molecule has 200 valence electrons. The molecule has 39 heavy (non-hydrogen) atoms. The van der Waals surface area contributed by atoms with E-state index in [9.17, 15) is 4.79 Å². The summed E-state index contributed by atoms with van der Waals surface area (Å²) in [7, 11) is 1.67. The van der Waals surface area contributed by atoms with Gasteiger partial charge in [0.15, 0.2) is 0 Å². The van der Waals surface area contributed by atoms with Gasteiger partial charge in [-0.3, -0.25) is 4.79 Å². The number of fused-ring (bicyclic) bond motifs is 1. The number of aryl methyl sites for hydroxylation is 1. The number of nitrogens with one attached hydrogen (secondary N) is 2. The van der Waals surface area contributed by atoms with Crippen LogP contribution in [-0.4, -0.2) is 27.8 Å². The smallest absolute Gasteiger partial charge is 0.255 e. The van der Waals surface area contributed by atoms with Crippen LogP contribution in [0.25, 0.3) is 0 Å². The molecule has 2 N–H and O–H groups in total. The van der Waals surface area contributed by atoms with E-state index in [1.54, 1.807) is 18.9 Å². The molecule has 1 atom stereocenters. The summed E-state index contributed by atoms with van der Waals surface area (Å²) in [5.41, 5.74) is 6.49. The first-order valence-electron chi connectivity index (χ1n) is 13.0. The minimum absolute atomic E-state index is 0.168. The molecule has 2 heterocycles. The van der Waals surface area contributed by atoms with E-state index >= 15 is 0 Å². The third-order valence-corrected chi connectivity index (χ3v) is 7.80. The van der Waals surface area contributed by atoms with Gasteiger partial charge < -0.3 is 15.4 Å². The molecule has 0 bridgehead atoms. The van der Waals surface area contributed by atoms with Crippen LogP contribution < -0.4 is 15.4 Å². The van der Waals surface area contributed by atoms with Crippen molar-refractivity contribution in [1.82, 2.24) is 14.8 Å². The second-order valence-electron chi connectivity index (χ2n) is 9.96. The van der Waals surface area contributed by atoms with Crippen molar-refractivity contribution >= 4 is 29.3 Å². The van der Waals surface area contributed by atoms with Crippen LogP contribution in [-0.2, 0) is 10.5 Å². The van der Waals surface area contributed by atoms with Gasteiger partial charge in [-0.25, -0.2) is 4.68 Å². The van der Waals surface area contributed by atoms with Gasteiger partial charge in [0.05, 0.1) is 12.7 Å². The summed E-state index contributed by atoms with van der Waals surface area (Å²) in [6.45, 7) is 8.25. The van der Waals surface area contributed by atoms with Crippen molar-refractivity contribution in [3.05, 3.63) is 106 Å². The Morgan fingerprint density at radius 2 is 1.85 bits per heavy atom. The Labute approximate surface area is 233 Å². The van der Waals surface area contributed by atoms with E-state index in [1.165, 1.54) is 5.56 Å². The molecule has 1 aliphatic heterocycles. The predicted octanol–water partition coefficient (Wildman–Crippen LogP) is 6.94. The number of amides is 1. The number of allylic oxidation sites excluding steroid dienone is 1. The van der Waals surface area contributed by atoms with E-state index in [1.807, 2.05) is 61.0 Å². The van der Waals surface area contributed by atoms with E-state index in [4.69, 9.17) is 14.8 Å². The summed E-state index contributed by atoms with van der Waals surface area (Å²) < 4.78 is 7.19. The minimum atomic E-state index is -0.426. The Hall–Kier alpha value is -4.04. The van der Waals surface area contributed by atoms with Crippen molar-refractivity contribution < 1.29 is 9.53 Å². The average molecular weight is 540 g/mol. The van der Waals surface area contributed by atoms with Crippen LogP contribution in [0.15, 0.2) is 89.2 Å². The van der Waals surface area contributed by atoms with Crippen molar-refractivity contribution in [2.45, 2.75) is 50.6 Å². The molecule has 0 radical (unpaired) electrons. The van der Waals surface area contributed by atoms with Gasteiger partial charge in [-0.05, 0) is 60.2 Å². The summed E-state index contributed by atoms with van der Waals surface area (Å²) >= 11 is 1.55. The first-order chi connectivity index (χ1) is 18.8. The lowest BCUT2D eigenvalue weighted by Gasteiger charge is -2.29. The van der Waals surface area contributed by atoms with Crippen LogP contribution >= 0.6 is 11.8 Å². The molecule has 1 aromatic heterocycles. The van der Waals surface area contributed by atoms with E-state index in [0.717, 1.165) is 33.8 Å². The monoisotopic (exact) mass is 539 g/mol. The van der Waals surface area contributed by atoms with Crippen LogP contribution in [0.1, 0.15) is 55.0 Å². The lowest BCUT2D eigenvalue weighted by molar-refractivity contribution is -0.113. The Bertz CT molecular complexity index is 1520. The third-order valence-electron chi connectivity index (χ3n) is 6.89. The number of carbonyl (C=O) groups excluding carboxylic acids is 1.